The molecule has 1 rings (SSSR count). The molecule has 0 saturated carbocycles. The van der Waals surface area contributed by atoms with E-state index in [1.165, 1.54) is 44.9 Å². The van der Waals surface area contributed by atoms with Crippen molar-refractivity contribution in [1.82, 2.24) is 0 Å². The van der Waals surface area contributed by atoms with Crippen molar-refractivity contribution in [2.24, 2.45) is 0 Å². The fraction of sp³-hybridized carbons (Fsp3) is 1.00. The first-order chi connectivity index (χ1) is 9.36. The van der Waals surface area contributed by atoms with Gasteiger partial charge in [-0.05, 0) is 38.5 Å². The quantitative estimate of drug-likeness (QED) is 0.525. The Hall–Kier alpha value is -0.120. The third-order valence-electron chi connectivity index (χ3n) is 3.83. The van der Waals surface area contributed by atoms with Gasteiger partial charge in [0.25, 0.3) is 0 Å². The molecule has 2 atom stereocenters. The number of rotatable bonds is 11. The van der Waals surface area contributed by atoms with Crippen LogP contribution < -0.4 is 0 Å². The van der Waals surface area contributed by atoms with Crippen molar-refractivity contribution in [2.45, 2.75) is 83.5 Å². The summed E-state index contributed by atoms with van der Waals surface area (Å²) in [7, 11) is 1.83. The van der Waals surface area contributed by atoms with Crippen LogP contribution in [0.15, 0.2) is 0 Å². The molecule has 1 aliphatic rings. The van der Waals surface area contributed by atoms with E-state index in [4.69, 9.17) is 14.2 Å². The Kier molecular flexibility index (Phi) is 10.4. The van der Waals surface area contributed by atoms with Gasteiger partial charge in [0.15, 0.2) is 6.29 Å². The topological polar surface area (TPSA) is 27.7 Å². The summed E-state index contributed by atoms with van der Waals surface area (Å²) in [5.74, 6) is 0. The van der Waals surface area contributed by atoms with Gasteiger partial charge in [-0.2, -0.15) is 0 Å². The zero-order chi connectivity index (χ0) is 13.8. The van der Waals surface area contributed by atoms with Gasteiger partial charge in [-0.15, -0.1) is 0 Å². The number of hydrogen-bond acceptors (Lipinski definition) is 3. The maximum absolute atomic E-state index is 5.74. The molecule has 0 aliphatic carbocycles. The molecule has 0 aromatic rings. The van der Waals surface area contributed by atoms with E-state index < -0.39 is 0 Å². The Labute approximate surface area is 119 Å². The summed E-state index contributed by atoms with van der Waals surface area (Å²) in [4.78, 5) is 0. The first kappa shape index (κ1) is 16.9. The second-order valence-corrected chi connectivity index (χ2v) is 5.52. The third-order valence-corrected chi connectivity index (χ3v) is 3.83. The second-order valence-electron chi connectivity index (χ2n) is 5.52. The zero-order valence-corrected chi connectivity index (χ0v) is 12.9. The highest BCUT2D eigenvalue weighted by molar-refractivity contribution is 4.59. The lowest BCUT2D eigenvalue weighted by atomic mass is 10.1. The Balaban J connectivity index is 1.95. The summed E-state index contributed by atoms with van der Waals surface area (Å²) in [6.07, 6.45) is 12.6. The third kappa shape index (κ3) is 8.61. The van der Waals surface area contributed by atoms with Crippen LogP contribution >= 0.6 is 0 Å². The molecule has 3 nitrogen and oxygen atoms in total. The van der Waals surface area contributed by atoms with Gasteiger partial charge in [0.1, 0.15) is 0 Å². The van der Waals surface area contributed by atoms with Gasteiger partial charge in [-0.1, -0.05) is 32.6 Å². The minimum Gasteiger partial charge on any atom is -0.381 e. The second kappa shape index (κ2) is 11.7. The van der Waals surface area contributed by atoms with E-state index in [0.29, 0.717) is 6.10 Å². The molecule has 114 valence electrons. The van der Waals surface area contributed by atoms with Crippen LogP contribution in [0.5, 0.6) is 0 Å². The van der Waals surface area contributed by atoms with Crippen molar-refractivity contribution in [3.05, 3.63) is 0 Å². The predicted octanol–water partition coefficient (Wildman–Crippen LogP) is 4.30. The first-order valence-electron chi connectivity index (χ1n) is 8.12. The molecule has 1 aliphatic heterocycles. The minimum atomic E-state index is 0.0549. The molecule has 0 N–H and O–H groups in total. The molecule has 1 fully saturated rings. The molecular weight excluding hydrogens is 240 g/mol. The van der Waals surface area contributed by atoms with Crippen LogP contribution in [0.1, 0.15) is 71.1 Å². The Morgan fingerprint density at radius 2 is 1.95 bits per heavy atom. The average Bonchev–Trinajstić information content (AvgIpc) is 2.46. The lowest BCUT2D eigenvalue weighted by Crippen LogP contribution is -2.23. The summed E-state index contributed by atoms with van der Waals surface area (Å²) in [5.41, 5.74) is 0. The van der Waals surface area contributed by atoms with Crippen LogP contribution in [0.3, 0.4) is 0 Å². The molecule has 19 heavy (non-hydrogen) atoms. The van der Waals surface area contributed by atoms with E-state index >= 15 is 0 Å². The van der Waals surface area contributed by atoms with Gasteiger partial charge in [0.2, 0.25) is 0 Å². The van der Waals surface area contributed by atoms with Crippen molar-refractivity contribution in [2.75, 3.05) is 20.3 Å². The van der Waals surface area contributed by atoms with Crippen LogP contribution in [-0.2, 0) is 14.2 Å². The predicted molar refractivity (Wildman–Crippen MR) is 78.3 cm³/mol. The monoisotopic (exact) mass is 272 g/mol. The Bertz CT molecular complexity index is 190. The van der Waals surface area contributed by atoms with E-state index in [2.05, 4.69) is 6.92 Å². The fourth-order valence-electron chi connectivity index (χ4n) is 2.55. The highest BCUT2D eigenvalue weighted by Crippen LogP contribution is 2.16. The van der Waals surface area contributed by atoms with E-state index in [1.807, 2.05) is 7.11 Å². The molecule has 0 aromatic heterocycles. The van der Waals surface area contributed by atoms with E-state index in [9.17, 15) is 0 Å². The molecule has 0 amide bonds. The normalized spacial score (nSPS) is 21.5. The van der Waals surface area contributed by atoms with Crippen LogP contribution in [0.4, 0.5) is 0 Å². The number of methoxy groups -OCH3 is 1. The molecule has 3 heteroatoms. The lowest BCUT2D eigenvalue weighted by Gasteiger charge is -2.23. The molecule has 1 unspecified atom stereocenters. The maximum atomic E-state index is 5.74. The standard InChI is InChI=1S/C16H32O3/c1-3-4-5-6-10-15(17-2)11-9-14-19-16-12-7-8-13-18-16/h15-16H,3-14H2,1-2H3/t15-,16?/m0/s1. The maximum Gasteiger partial charge on any atom is 0.157 e. The molecule has 1 heterocycles. The average molecular weight is 272 g/mol. The highest BCUT2D eigenvalue weighted by atomic mass is 16.7. The summed E-state index contributed by atoms with van der Waals surface area (Å²) < 4.78 is 16.8. The Morgan fingerprint density at radius 1 is 1.11 bits per heavy atom. The minimum absolute atomic E-state index is 0.0549. The first-order valence-corrected chi connectivity index (χ1v) is 8.12. The molecule has 1 saturated heterocycles. The van der Waals surface area contributed by atoms with Crippen molar-refractivity contribution in [3.8, 4) is 0 Å². The molecule has 0 spiro atoms. The fourth-order valence-corrected chi connectivity index (χ4v) is 2.55. The summed E-state index contributed by atoms with van der Waals surface area (Å²) in [6, 6.07) is 0. The molecule has 0 radical (unpaired) electrons. The Morgan fingerprint density at radius 3 is 2.63 bits per heavy atom. The van der Waals surface area contributed by atoms with Gasteiger partial charge in [-0.25, -0.2) is 0 Å². The largest absolute Gasteiger partial charge is 0.381 e. The van der Waals surface area contributed by atoms with E-state index in [1.54, 1.807) is 0 Å². The smallest absolute Gasteiger partial charge is 0.157 e. The van der Waals surface area contributed by atoms with Gasteiger partial charge < -0.3 is 14.2 Å². The summed E-state index contributed by atoms with van der Waals surface area (Å²) >= 11 is 0. The lowest BCUT2D eigenvalue weighted by molar-refractivity contribution is -0.163. The molecular formula is C16H32O3. The van der Waals surface area contributed by atoms with Crippen molar-refractivity contribution >= 4 is 0 Å². The van der Waals surface area contributed by atoms with Gasteiger partial charge >= 0.3 is 0 Å². The van der Waals surface area contributed by atoms with Crippen LogP contribution in [0.25, 0.3) is 0 Å². The summed E-state index contributed by atoms with van der Waals surface area (Å²) in [5, 5.41) is 0. The number of ether oxygens (including phenoxy) is 3. The van der Waals surface area contributed by atoms with Crippen molar-refractivity contribution in [1.29, 1.82) is 0 Å². The van der Waals surface area contributed by atoms with Crippen molar-refractivity contribution < 1.29 is 14.2 Å². The number of hydrogen-bond donors (Lipinski definition) is 0. The summed E-state index contributed by atoms with van der Waals surface area (Å²) in [6.45, 7) is 3.92. The highest BCUT2D eigenvalue weighted by Gasteiger charge is 2.14. The van der Waals surface area contributed by atoms with Crippen LogP contribution in [-0.4, -0.2) is 32.7 Å². The van der Waals surface area contributed by atoms with Crippen LogP contribution in [0.2, 0.25) is 0 Å². The van der Waals surface area contributed by atoms with Gasteiger partial charge in [0, 0.05) is 20.3 Å². The molecule has 0 bridgehead atoms. The van der Waals surface area contributed by atoms with E-state index in [0.717, 1.165) is 32.5 Å². The molecule has 0 aromatic carbocycles. The zero-order valence-electron chi connectivity index (χ0n) is 12.9. The van der Waals surface area contributed by atoms with E-state index in [-0.39, 0.29) is 6.29 Å². The van der Waals surface area contributed by atoms with Gasteiger partial charge in [-0.3, -0.25) is 0 Å². The SMILES string of the molecule is CCCCCC[C@@H](CCCOC1CCCCO1)OC. The number of unbranched alkanes of at least 4 members (excludes halogenated alkanes) is 3. The van der Waals surface area contributed by atoms with Crippen molar-refractivity contribution in [3.63, 3.8) is 0 Å². The van der Waals surface area contributed by atoms with Gasteiger partial charge in [0.05, 0.1) is 6.10 Å². The van der Waals surface area contributed by atoms with Crippen LogP contribution in [0, 0.1) is 0 Å².